The number of aryl methyl sites for hydroxylation is 2. The molecule has 2 aromatic carbocycles. The molecule has 2 unspecified atom stereocenters. The number of allylic oxidation sites excluding steroid dienone is 4. The van der Waals surface area contributed by atoms with Gasteiger partial charge in [0.15, 0.2) is 0 Å². The average Bonchev–Trinajstić information content (AvgIpc) is 2.96. The minimum absolute atomic E-state index is 0.350. The monoisotopic (exact) mass is 682 g/mol. The van der Waals surface area contributed by atoms with Crippen LogP contribution in [0.4, 0.5) is 0 Å². The Morgan fingerprint density at radius 2 is 1.07 bits per heavy atom. The predicted octanol–water partition coefficient (Wildman–Crippen LogP) is 7.57. The highest BCUT2D eigenvalue weighted by atomic mass is 28.5. The fourth-order valence-electron chi connectivity index (χ4n) is 5.30. The second kappa shape index (κ2) is 16.4. The van der Waals surface area contributed by atoms with Crippen molar-refractivity contribution < 1.29 is 40.9 Å². The van der Waals surface area contributed by atoms with Crippen molar-refractivity contribution in [1.82, 2.24) is 0 Å². The van der Waals surface area contributed by atoms with Crippen LogP contribution in [0.5, 0.6) is 11.5 Å². The molecule has 0 bridgehead atoms. The van der Waals surface area contributed by atoms with Gasteiger partial charge in [0, 0.05) is 20.8 Å². The third-order valence-electron chi connectivity index (χ3n) is 7.37. The standard InChI is InChI=1S/C34H46O9Si3/c1-9-32(38-27(3)35)15-10-26(2)20-23-44(6)41-45(7,24-21-30-11-16-33(17-12-30)39-28(4)36)43-46(8,42-44)25-22-31-13-18-34(19-14-31)40-29(5)37/h9-19H,1,20-25H2,2-8H3/b26-10+,32-15+. The second-order valence-corrected chi connectivity index (χ2v) is 22.8. The first-order chi connectivity index (χ1) is 21.6. The molecule has 1 aliphatic rings. The number of hydrogen-bond donors (Lipinski definition) is 0. The number of esters is 3. The van der Waals surface area contributed by atoms with E-state index in [0.717, 1.165) is 54.1 Å². The summed E-state index contributed by atoms with van der Waals surface area (Å²) in [5, 5.41) is 0. The summed E-state index contributed by atoms with van der Waals surface area (Å²) >= 11 is 0. The molecular weight excluding hydrogens is 637 g/mol. The van der Waals surface area contributed by atoms with Crippen LogP contribution in [0, 0.1) is 0 Å². The van der Waals surface area contributed by atoms with Gasteiger partial charge in [0.2, 0.25) is 0 Å². The van der Waals surface area contributed by atoms with Gasteiger partial charge in [0.05, 0.1) is 0 Å². The topological polar surface area (TPSA) is 107 Å². The first-order valence-electron chi connectivity index (χ1n) is 15.4. The van der Waals surface area contributed by atoms with Crippen LogP contribution >= 0.6 is 0 Å². The molecule has 0 saturated carbocycles. The molecule has 248 valence electrons. The first-order valence-corrected chi connectivity index (χ1v) is 23.0. The van der Waals surface area contributed by atoms with Crippen molar-refractivity contribution in [3.05, 3.63) is 95.8 Å². The van der Waals surface area contributed by atoms with Crippen LogP contribution < -0.4 is 9.47 Å². The summed E-state index contributed by atoms with van der Waals surface area (Å²) in [6.45, 7) is 16.3. The van der Waals surface area contributed by atoms with Crippen LogP contribution in [0.15, 0.2) is 84.7 Å². The maximum absolute atomic E-state index is 11.3. The minimum Gasteiger partial charge on any atom is -0.427 e. The number of carbonyl (C=O) groups is 3. The Kier molecular flexibility index (Phi) is 13.2. The van der Waals surface area contributed by atoms with Gasteiger partial charge in [0.1, 0.15) is 17.3 Å². The van der Waals surface area contributed by atoms with Crippen LogP contribution in [0.25, 0.3) is 0 Å². The zero-order valence-electron chi connectivity index (χ0n) is 28.0. The van der Waals surface area contributed by atoms with E-state index >= 15 is 0 Å². The lowest BCUT2D eigenvalue weighted by Crippen LogP contribution is -2.67. The van der Waals surface area contributed by atoms with Crippen LogP contribution in [0.3, 0.4) is 0 Å². The molecule has 9 nitrogen and oxygen atoms in total. The third-order valence-corrected chi connectivity index (χ3v) is 21.2. The fraction of sp³-hybridized carbons (Fsp3) is 0.382. The summed E-state index contributed by atoms with van der Waals surface area (Å²) in [6.07, 6.45) is 7.47. The molecular formula is C34H46O9Si3. The molecule has 1 heterocycles. The molecule has 2 atom stereocenters. The van der Waals surface area contributed by atoms with Gasteiger partial charge >= 0.3 is 43.6 Å². The molecule has 0 spiro atoms. The quantitative estimate of drug-likeness (QED) is 0.0656. The number of carbonyl (C=O) groups excluding carboxylic acids is 3. The molecule has 3 rings (SSSR count). The number of benzene rings is 2. The minimum atomic E-state index is -2.68. The zero-order chi connectivity index (χ0) is 34.0. The highest BCUT2D eigenvalue weighted by Crippen LogP contribution is 2.39. The number of rotatable bonds is 14. The molecule has 46 heavy (non-hydrogen) atoms. The van der Waals surface area contributed by atoms with Gasteiger partial charge in [-0.25, -0.2) is 0 Å². The molecule has 0 amide bonds. The lowest BCUT2D eigenvalue weighted by molar-refractivity contribution is -0.136. The predicted molar refractivity (Wildman–Crippen MR) is 184 cm³/mol. The highest BCUT2D eigenvalue weighted by molar-refractivity contribution is 6.93. The highest BCUT2D eigenvalue weighted by Gasteiger charge is 2.55. The number of hydrogen-bond acceptors (Lipinski definition) is 9. The Hall–Kier alpha value is -3.40. The maximum Gasteiger partial charge on any atom is 0.317 e. The smallest absolute Gasteiger partial charge is 0.317 e. The molecule has 12 heteroatoms. The molecule has 0 aromatic heterocycles. The van der Waals surface area contributed by atoms with Crippen molar-refractivity contribution >= 4 is 43.6 Å². The van der Waals surface area contributed by atoms with E-state index in [1.54, 1.807) is 30.3 Å². The summed E-state index contributed by atoms with van der Waals surface area (Å²) in [6, 6.07) is 17.4. The summed E-state index contributed by atoms with van der Waals surface area (Å²) < 4.78 is 36.3. The van der Waals surface area contributed by atoms with Crippen LogP contribution in [-0.2, 0) is 44.3 Å². The molecule has 0 aliphatic carbocycles. The Bertz CT molecular complexity index is 1380. The van der Waals surface area contributed by atoms with Crippen molar-refractivity contribution in [3.63, 3.8) is 0 Å². The Morgan fingerprint density at radius 1 is 0.652 bits per heavy atom. The van der Waals surface area contributed by atoms with Crippen molar-refractivity contribution in [2.45, 2.75) is 84.7 Å². The van der Waals surface area contributed by atoms with Gasteiger partial charge < -0.3 is 26.6 Å². The normalized spacial score (nSPS) is 23.4. The Balaban J connectivity index is 1.78. The van der Waals surface area contributed by atoms with Crippen LogP contribution in [-0.4, -0.2) is 43.6 Å². The summed E-state index contributed by atoms with van der Waals surface area (Å²) in [5.41, 5.74) is 3.32. The van der Waals surface area contributed by atoms with Gasteiger partial charge in [-0.15, -0.1) is 0 Å². The van der Waals surface area contributed by atoms with Crippen molar-refractivity contribution in [2.75, 3.05) is 0 Å². The number of ether oxygens (including phenoxy) is 3. The molecule has 2 aromatic rings. The Labute approximate surface area is 275 Å². The van der Waals surface area contributed by atoms with E-state index < -0.39 is 31.7 Å². The Morgan fingerprint density at radius 3 is 1.43 bits per heavy atom. The van der Waals surface area contributed by atoms with Gasteiger partial charge in [-0.3, -0.25) is 14.4 Å². The molecule has 1 aliphatic heterocycles. The van der Waals surface area contributed by atoms with Gasteiger partial charge in [-0.2, -0.15) is 0 Å². The molecule has 0 radical (unpaired) electrons. The van der Waals surface area contributed by atoms with E-state index in [2.05, 4.69) is 26.2 Å². The largest absolute Gasteiger partial charge is 0.427 e. The summed E-state index contributed by atoms with van der Waals surface area (Å²) in [5.74, 6) is 0.344. The van der Waals surface area contributed by atoms with Crippen molar-refractivity contribution in [2.24, 2.45) is 0 Å². The summed E-state index contributed by atoms with van der Waals surface area (Å²) in [4.78, 5) is 34.0. The maximum atomic E-state index is 11.3. The van der Waals surface area contributed by atoms with E-state index in [1.807, 2.05) is 37.3 Å². The van der Waals surface area contributed by atoms with E-state index in [0.29, 0.717) is 17.3 Å². The first kappa shape index (κ1) is 37.1. The van der Waals surface area contributed by atoms with E-state index in [9.17, 15) is 14.4 Å². The lowest BCUT2D eigenvalue weighted by Gasteiger charge is -2.50. The molecule has 0 N–H and O–H groups in total. The van der Waals surface area contributed by atoms with E-state index in [-0.39, 0.29) is 11.9 Å². The SMILES string of the molecule is C=C/C(=C\C=C(/C)CC[Si]1(C)O[Si](C)(CCc2ccc(OC(C)=O)cc2)O[Si](C)(CCc2ccc(OC(C)=O)cc2)O1)OC(C)=O. The van der Waals surface area contributed by atoms with Gasteiger partial charge in [0.25, 0.3) is 0 Å². The molecule has 1 fully saturated rings. The van der Waals surface area contributed by atoms with Gasteiger partial charge in [-0.1, -0.05) is 42.5 Å². The van der Waals surface area contributed by atoms with Gasteiger partial charge in [-0.05, 0) is 112 Å². The van der Waals surface area contributed by atoms with Crippen LogP contribution in [0.2, 0.25) is 37.8 Å². The molecule has 1 saturated heterocycles. The van der Waals surface area contributed by atoms with Crippen LogP contribution in [0.1, 0.15) is 45.2 Å². The zero-order valence-corrected chi connectivity index (χ0v) is 31.0. The summed E-state index contributed by atoms with van der Waals surface area (Å²) in [7, 11) is -8.02. The second-order valence-electron chi connectivity index (χ2n) is 12.1. The third kappa shape index (κ3) is 12.4. The lowest BCUT2D eigenvalue weighted by atomic mass is 10.2. The van der Waals surface area contributed by atoms with Crippen molar-refractivity contribution in [1.29, 1.82) is 0 Å². The van der Waals surface area contributed by atoms with E-state index in [4.69, 9.17) is 26.6 Å². The fourth-order valence-corrected chi connectivity index (χ4v) is 22.7. The van der Waals surface area contributed by atoms with E-state index in [1.165, 1.54) is 26.8 Å². The van der Waals surface area contributed by atoms with Crippen molar-refractivity contribution in [3.8, 4) is 11.5 Å². The average molecular weight is 683 g/mol.